The number of nitrogens with zero attached hydrogens (tertiary/aromatic N) is 1. The largest absolute Gasteiger partial charge is 0.349 e. The van der Waals surface area contributed by atoms with E-state index >= 15 is 0 Å². The Balaban J connectivity index is 1.51. The van der Waals surface area contributed by atoms with Gasteiger partial charge < -0.3 is 5.32 Å². The first-order valence-electron chi connectivity index (χ1n) is 8.60. The highest BCUT2D eigenvalue weighted by Gasteiger charge is 2.54. The molecule has 4 rings (SSSR count). The minimum absolute atomic E-state index is 0.0154. The lowest BCUT2D eigenvalue weighted by Gasteiger charge is -2.39. The van der Waals surface area contributed by atoms with Crippen LogP contribution in [0.4, 0.5) is 0 Å². The molecule has 2 heterocycles. The molecule has 1 fully saturated rings. The van der Waals surface area contributed by atoms with Crippen LogP contribution >= 0.6 is 11.8 Å². The molecule has 24 heavy (non-hydrogen) atoms. The molecule has 0 radical (unpaired) electrons. The van der Waals surface area contributed by atoms with E-state index in [1.165, 1.54) is 0 Å². The van der Waals surface area contributed by atoms with Crippen LogP contribution in [0, 0.1) is 11.8 Å². The van der Waals surface area contributed by atoms with Crippen LogP contribution in [0.1, 0.15) is 31.4 Å². The van der Waals surface area contributed by atoms with Crippen molar-refractivity contribution in [1.82, 2.24) is 5.32 Å². The summed E-state index contributed by atoms with van der Waals surface area (Å²) in [5.41, 5.74) is 2.30. The van der Waals surface area contributed by atoms with Crippen molar-refractivity contribution in [1.29, 1.82) is 0 Å². The second-order valence-electron chi connectivity index (χ2n) is 6.79. The number of allylic oxidation sites excluding steroid dienone is 3. The van der Waals surface area contributed by atoms with Gasteiger partial charge in [0.1, 0.15) is 0 Å². The van der Waals surface area contributed by atoms with E-state index in [0.29, 0.717) is 5.92 Å². The second kappa shape index (κ2) is 6.25. The Labute approximate surface area is 147 Å². The van der Waals surface area contributed by atoms with Crippen molar-refractivity contribution in [3.05, 3.63) is 59.8 Å². The van der Waals surface area contributed by atoms with Gasteiger partial charge in [-0.05, 0) is 37.3 Å². The molecule has 0 bridgehead atoms. The highest BCUT2D eigenvalue weighted by atomic mass is 32.2. The lowest BCUT2D eigenvalue weighted by Crippen LogP contribution is -2.43. The van der Waals surface area contributed by atoms with Crippen LogP contribution in [0.25, 0.3) is 0 Å². The maximum absolute atomic E-state index is 12.9. The van der Waals surface area contributed by atoms with Gasteiger partial charge in [-0.2, -0.15) is 0 Å². The molecule has 0 saturated carbocycles. The molecule has 4 unspecified atom stereocenters. The summed E-state index contributed by atoms with van der Waals surface area (Å²) in [7, 11) is 0. The van der Waals surface area contributed by atoms with Gasteiger partial charge in [0.25, 0.3) is 0 Å². The van der Waals surface area contributed by atoms with Crippen LogP contribution in [0.2, 0.25) is 0 Å². The maximum Gasteiger partial charge on any atom is 0.224 e. The van der Waals surface area contributed by atoms with Gasteiger partial charge in [-0.3, -0.25) is 9.79 Å². The second-order valence-corrected chi connectivity index (χ2v) is 8.14. The molecule has 1 saturated heterocycles. The van der Waals surface area contributed by atoms with Gasteiger partial charge >= 0.3 is 0 Å². The normalized spacial score (nSPS) is 31.8. The van der Waals surface area contributed by atoms with Crippen LogP contribution in [0.5, 0.6) is 0 Å². The van der Waals surface area contributed by atoms with Gasteiger partial charge in [-0.15, -0.1) is 11.8 Å². The summed E-state index contributed by atoms with van der Waals surface area (Å²) in [6.45, 7) is 2.06. The molecule has 1 spiro atoms. The zero-order valence-corrected chi connectivity index (χ0v) is 14.6. The summed E-state index contributed by atoms with van der Waals surface area (Å²) < 4.78 is 0.0154. The van der Waals surface area contributed by atoms with Crippen molar-refractivity contribution in [2.75, 3.05) is 5.75 Å². The third-order valence-corrected chi connectivity index (χ3v) is 7.15. The summed E-state index contributed by atoms with van der Waals surface area (Å²) in [6, 6.07) is 10.2. The molecule has 124 valence electrons. The number of aliphatic imine (C=N–C) groups is 1. The van der Waals surface area contributed by atoms with Gasteiger partial charge in [0.2, 0.25) is 5.91 Å². The predicted molar refractivity (Wildman–Crippen MR) is 100 cm³/mol. The summed E-state index contributed by atoms with van der Waals surface area (Å²) >= 11 is 1.92. The molecule has 4 heteroatoms. The van der Waals surface area contributed by atoms with Crippen molar-refractivity contribution < 1.29 is 4.79 Å². The molecule has 4 atom stereocenters. The first kappa shape index (κ1) is 15.7. The number of rotatable bonds is 3. The summed E-state index contributed by atoms with van der Waals surface area (Å²) in [6.07, 6.45) is 10.3. The topological polar surface area (TPSA) is 41.5 Å². The van der Waals surface area contributed by atoms with Gasteiger partial charge in [0.05, 0.1) is 22.4 Å². The van der Waals surface area contributed by atoms with E-state index in [9.17, 15) is 4.79 Å². The molecular formula is C20H22N2OS. The first-order chi connectivity index (χ1) is 11.7. The zero-order valence-electron chi connectivity index (χ0n) is 13.8. The lowest BCUT2D eigenvalue weighted by atomic mass is 9.73. The fourth-order valence-corrected chi connectivity index (χ4v) is 5.90. The average Bonchev–Trinajstić information content (AvgIpc) is 3.00. The van der Waals surface area contributed by atoms with Gasteiger partial charge in [-0.25, -0.2) is 0 Å². The quantitative estimate of drug-likeness (QED) is 0.908. The number of carbonyl (C=O) groups is 1. The van der Waals surface area contributed by atoms with Crippen LogP contribution < -0.4 is 5.32 Å². The van der Waals surface area contributed by atoms with E-state index in [0.717, 1.165) is 29.9 Å². The van der Waals surface area contributed by atoms with Crippen molar-refractivity contribution in [2.45, 2.75) is 30.6 Å². The number of nitrogens with one attached hydrogen (secondary N) is 1. The van der Waals surface area contributed by atoms with Crippen molar-refractivity contribution in [3.8, 4) is 0 Å². The third-order valence-electron chi connectivity index (χ3n) is 5.43. The Morgan fingerprint density at radius 1 is 1.38 bits per heavy atom. The van der Waals surface area contributed by atoms with E-state index < -0.39 is 0 Å². The van der Waals surface area contributed by atoms with E-state index in [-0.39, 0.29) is 22.6 Å². The smallest absolute Gasteiger partial charge is 0.224 e. The number of hydrogen-bond donors (Lipinski definition) is 1. The highest BCUT2D eigenvalue weighted by molar-refractivity contribution is 8.01. The van der Waals surface area contributed by atoms with Crippen LogP contribution in [0.15, 0.2) is 59.2 Å². The average molecular weight is 338 g/mol. The molecule has 3 nitrogen and oxygen atoms in total. The zero-order chi connectivity index (χ0) is 16.6. The Bertz CT molecular complexity index is 724. The minimum Gasteiger partial charge on any atom is -0.349 e. The fourth-order valence-electron chi connectivity index (χ4n) is 4.08. The summed E-state index contributed by atoms with van der Waals surface area (Å²) in [4.78, 5) is 17.6. The molecular weight excluding hydrogens is 316 g/mol. The Hall–Kier alpha value is -1.81. The monoisotopic (exact) mass is 338 g/mol. The SMILES string of the molecule is CC(NC(=O)C1CSC23CC=CC=C2N=CCC13)c1ccccc1. The number of carbonyl (C=O) groups excluding carboxylic acids is 1. The maximum atomic E-state index is 12.9. The first-order valence-corrected chi connectivity index (χ1v) is 9.58. The third kappa shape index (κ3) is 2.53. The molecule has 1 amide bonds. The molecule has 1 N–H and O–H groups in total. The Kier molecular flexibility index (Phi) is 4.09. The van der Waals surface area contributed by atoms with Gasteiger partial charge in [0.15, 0.2) is 0 Å². The van der Waals surface area contributed by atoms with Gasteiger partial charge in [-0.1, -0.05) is 42.5 Å². The van der Waals surface area contributed by atoms with Gasteiger partial charge in [0, 0.05) is 12.0 Å². The lowest BCUT2D eigenvalue weighted by molar-refractivity contribution is -0.126. The Morgan fingerprint density at radius 3 is 3.04 bits per heavy atom. The number of thioether (sulfide) groups is 1. The number of benzene rings is 1. The van der Waals surface area contributed by atoms with E-state index in [4.69, 9.17) is 0 Å². The summed E-state index contributed by atoms with van der Waals surface area (Å²) in [5.74, 6) is 1.47. The van der Waals surface area contributed by atoms with E-state index in [1.54, 1.807) is 0 Å². The molecule has 1 aromatic rings. The number of amides is 1. The minimum atomic E-state index is 0.0154. The molecule has 3 aliphatic rings. The molecule has 0 aromatic heterocycles. The van der Waals surface area contributed by atoms with Crippen LogP contribution in [0.3, 0.4) is 0 Å². The van der Waals surface area contributed by atoms with Crippen molar-refractivity contribution >= 4 is 23.9 Å². The number of hydrogen-bond acceptors (Lipinski definition) is 3. The van der Waals surface area contributed by atoms with E-state index in [2.05, 4.69) is 47.6 Å². The summed E-state index contributed by atoms with van der Waals surface area (Å²) in [5, 5.41) is 3.23. The predicted octanol–water partition coefficient (Wildman–Crippen LogP) is 3.90. The van der Waals surface area contributed by atoms with E-state index in [1.807, 2.05) is 36.2 Å². The highest BCUT2D eigenvalue weighted by Crippen LogP contribution is 2.57. The van der Waals surface area contributed by atoms with Crippen LogP contribution in [-0.2, 0) is 4.79 Å². The Morgan fingerprint density at radius 2 is 2.21 bits per heavy atom. The standard InChI is InChI=1S/C20H22N2OS/c1-14(15-7-3-2-4-8-15)22-19(23)16-13-24-20-11-6-5-9-18(20)21-12-10-17(16)20/h2-9,12,14,16-17H,10-11,13H2,1H3,(H,22,23). The van der Waals surface area contributed by atoms with Crippen molar-refractivity contribution in [2.24, 2.45) is 16.8 Å². The molecule has 2 aliphatic heterocycles. The molecule has 1 aromatic carbocycles. The molecule has 1 aliphatic carbocycles. The van der Waals surface area contributed by atoms with Crippen molar-refractivity contribution in [3.63, 3.8) is 0 Å². The fraction of sp³-hybridized carbons (Fsp3) is 0.400. The van der Waals surface area contributed by atoms with Crippen LogP contribution in [-0.4, -0.2) is 22.6 Å².